The summed E-state index contributed by atoms with van der Waals surface area (Å²) in [6, 6.07) is 6.71. The van der Waals surface area contributed by atoms with Crippen molar-refractivity contribution in [2.45, 2.75) is 20.0 Å². The van der Waals surface area contributed by atoms with Gasteiger partial charge in [0.1, 0.15) is 11.6 Å². The SMILES string of the molecule is CCOc1cc(/C=C(\C#N)C(=O)OC)ccc1O[C@H](C)C(=O)N(C)C. The van der Waals surface area contributed by atoms with E-state index in [4.69, 9.17) is 14.7 Å². The predicted octanol–water partition coefficient (Wildman–Crippen LogP) is 2.02. The number of benzene rings is 1. The first-order chi connectivity index (χ1) is 11.8. The van der Waals surface area contributed by atoms with Crippen LogP contribution < -0.4 is 9.47 Å². The van der Waals surface area contributed by atoms with Crippen molar-refractivity contribution < 1.29 is 23.8 Å². The number of esters is 1. The van der Waals surface area contributed by atoms with Gasteiger partial charge in [0.05, 0.1) is 13.7 Å². The first-order valence-corrected chi connectivity index (χ1v) is 7.68. The minimum Gasteiger partial charge on any atom is -0.490 e. The number of likely N-dealkylation sites (N-methyl/N-ethyl adjacent to an activating group) is 1. The van der Waals surface area contributed by atoms with E-state index < -0.39 is 12.1 Å². The zero-order valence-electron chi connectivity index (χ0n) is 15.0. The van der Waals surface area contributed by atoms with Gasteiger partial charge < -0.3 is 19.1 Å². The Kier molecular flexibility index (Phi) is 7.47. The number of carbonyl (C=O) groups excluding carboxylic acids is 2. The number of hydrogen-bond donors (Lipinski definition) is 0. The molecule has 0 saturated heterocycles. The zero-order chi connectivity index (χ0) is 19.0. The summed E-state index contributed by atoms with van der Waals surface area (Å²) in [5.41, 5.74) is 0.444. The summed E-state index contributed by atoms with van der Waals surface area (Å²) < 4.78 is 15.8. The Morgan fingerprint density at radius 3 is 2.52 bits per heavy atom. The first kappa shape index (κ1) is 20.0. The maximum absolute atomic E-state index is 11.9. The fourth-order valence-electron chi connectivity index (χ4n) is 2.00. The van der Waals surface area contributed by atoms with E-state index in [1.54, 1.807) is 45.3 Å². The van der Waals surface area contributed by atoms with Crippen LogP contribution in [0.4, 0.5) is 0 Å². The molecule has 0 radical (unpaired) electrons. The van der Waals surface area contributed by atoms with Crippen LogP contribution in [0.15, 0.2) is 23.8 Å². The molecule has 0 aliphatic heterocycles. The van der Waals surface area contributed by atoms with Crippen molar-refractivity contribution in [3.05, 3.63) is 29.3 Å². The minimum absolute atomic E-state index is 0.130. The molecule has 0 unspecified atom stereocenters. The molecule has 134 valence electrons. The molecule has 0 fully saturated rings. The summed E-state index contributed by atoms with van der Waals surface area (Å²) in [4.78, 5) is 24.9. The molecule has 0 aromatic heterocycles. The third-order valence-electron chi connectivity index (χ3n) is 3.20. The Labute approximate surface area is 147 Å². The van der Waals surface area contributed by atoms with Gasteiger partial charge in [0.15, 0.2) is 17.6 Å². The molecule has 1 aromatic carbocycles. The van der Waals surface area contributed by atoms with Crippen LogP contribution in [0.3, 0.4) is 0 Å². The molecule has 0 aliphatic rings. The van der Waals surface area contributed by atoms with E-state index in [0.717, 1.165) is 0 Å². The molecule has 0 N–H and O–H groups in total. The lowest BCUT2D eigenvalue weighted by Crippen LogP contribution is -2.35. The maximum atomic E-state index is 11.9. The van der Waals surface area contributed by atoms with Crippen LogP contribution in [-0.4, -0.2) is 50.7 Å². The number of nitrogens with zero attached hydrogens (tertiary/aromatic N) is 2. The van der Waals surface area contributed by atoms with E-state index >= 15 is 0 Å². The van der Waals surface area contributed by atoms with Crippen molar-refractivity contribution >= 4 is 18.0 Å². The average molecular weight is 346 g/mol. The molecule has 0 aliphatic carbocycles. The number of amides is 1. The number of ether oxygens (including phenoxy) is 3. The van der Waals surface area contributed by atoms with Crippen LogP contribution in [0.25, 0.3) is 6.08 Å². The summed E-state index contributed by atoms with van der Waals surface area (Å²) in [5, 5.41) is 9.03. The smallest absolute Gasteiger partial charge is 0.348 e. The van der Waals surface area contributed by atoms with Crippen molar-refractivity contribution in [2.24, 2.45) is 0 Å². The van der Waals surface area contributed by atoms with Crippen LogP contribution in [0.2, 0.25) is 0 Å². The first-order valence-electron chi connectivity index (χ1n) is 7.68. The molecule has 0 heterocycles. The lowest BCUT2D eigenvalue weighted by Gasteiger charge is -2.20. The topological polar surface area (TPSA) is 88.9 Å². The van der Waals surface area contributed by atoms with E-state index in [0.29, 0.717) is 23.7 Å². The largest absolute Gasteiger partial charge is 0.490 e. The van der Waals surface area contributed by atoms with Gasteiger partial charge >= 0.3 is 5.97 Å². The van der Waals surface area contributed by atoms with Crippen molar-refractivity contribution in [3.63, 3.8) is 0 Å². The predicted molar refractivity (Wildman–Crippen MR) is 92.0 cm³/mol. The Bertz CT molecular complexity index is 704. The molecule has 0 saturated carbocycles. The third-order valence-corrected chi connectivity index (χ3v) is 3.20. The summed E-state index contributed by atoms with van der Waals surface area (Å²) in [6.07, 6.45) is 0.715. The van der Waals surface area contributed by atoms with Gasteiger partial charge in [0.25, 0.3) is 5.91 Å². The van der Waals surface area contributed by atoms with Crippen LogP contribution in [0.1, 0.15) is 19.4 Å². The highest BCUT2D eigenvalue weighted by molar-refractivity contribution is 5.97. The van der Waals surface area contributed by atoms with Gasteiger partial charge in [-0.05, 0) is 37.6 Å². The Balaban J connectivity index is 3.15. The summed E-state index contributed by atoms with van der Waals surface area (Å²) in [5.74, 6) is -0.0787. The highest BCUT2D eigenvalue weighted by atomic mass is 16.5. The molecule has 1 rings (SSSR count). The second-order valence-corrected chi connectivity index (χ2v) is 5.29. The van der Waals surface area contributed by atoms with Crippen molar-refractivity contribution in [3.8, 4) is 17.6 Å². The van der Waals surface area contributed by atoms with Gasteiger partial charge in [-0.3, -0.25) is 4.79 Å². The molecule has 0 bridgehead atoms. The highest BCUT2D eigenvalue weighted by Crippen LogP contribution is 2.30. The number of nitriles is 1. The van der Waals surface area contributed by atoms with Gasteiger partial charge in [-0.15, -0.1) is 0 Å². The van der Waals surface area contributed by atoms with Crippen molar-refractivity contribution in [1.82, 2.24) is 4.90 Å². The van der Waals surface area contributed by atoms with E-state index in [9.17, 15) is 9.59 Å². The minimum atomic E-state index is -0.717. The average Bonchev–Trinajstić information content (AvgIpc) is 2.60. The van der Waals surface area contributed by atoms with Crippen molar-refractivity contribution in [2.75, 3.05) is 27.8 Å². The van der Waals surface area contributed by atoms with E-state index in [1.807, 2.05) is 6.92 Å². The number of carbonyl (C=O) groups is 2. The number of rotatable bonds is 7. The van der Waals surface area contributed by atoms with E-state index in [2.05, 4.69) is 4.74 Å². The molecule has 25 heavy (non-hydrogen) atoms. The van der Waals surface area contributed by atoms with Gasteiger partial charge in [-0.2, -0.15) is 5.26 Å². The molecule has 0 spiro atoms. The lowest BCUT2D eigenvalue weighted by atomic mass is 10.1. The van der Waals surface area contributed by atoms with Crippen LogP contribution in [0, 0.1) is 11.3 Å². The van der Waals surface area contributed by atoms with Crippen molar-refractivity contribution in [1.29, 1.82) is 5.26 Å². The van der Waals surface area contributed by atoms with Gasteiger partial charge in [0.2, 0.25) is 0 Å². The quantitative estimate of drug-likeness (QED) is 0.426. The maximum Gasteiger partial charge on any atom is 0.348 e. The number of methoxy groups -OCH3 is 1. The molecule has 7 heteroatoms. The molecule has 1 amide bonds. The van der Waals surface area contributed by atoms with E-state index in [-0.39, 0.29) is 11.5 Å². The molecule has 7 nitrogen and oxygen atoms in total. The van der Waals surface area contributed by atoms with Crippen LogP contribution in [0.5, 0.6) is 11.5 Å². The Morgan fingerprint density at radius 1 is 1.32 bits per heavy atom. The standard InChI is InChI=1S/C18H22N2O5/c1-6-24-16-10-13(9-14(11-19)18(22)23-5)7-8-15(16)25-12(2)17(21)20(3)4/h7-10,12H,6H2,1-5H3/b14-9+/t12-/m1/s1. The summed E-state index contributed by atoms with van der Waals surface area (Å²) in [7, 11) is 4.50. The van der Waals surface area contributed by atoms with Gasteiger partial charge in [0, 0.05) is 14.1 Å². The molecule has 1 aromatic rings. The second-order valence-electron chi connectivity index (χ2n) is 5.29. The molecule has 1 atom stereocenters. The molecular formula is C18H22N2O5. The Hall–Kier alpha value is -3.01. The fraction of sp³-hybridized carbons (Fsp3) is 0.389. The monoisotopic (exact) mass is 346 g/mol. The summed E-state index contributed by atoms with van der Waals surface area (Å²) >= 11 is 0. The number of hydrogen-bond acceptors (Lipinski definition) is 6. The third kappa shape index (κ3) is 5.53. The highest BCUT2D eigenvalue weighted by Gasteiger charge is 2.19. The fourth-order valence-corrected chi connectivity index (χ4v) is 2.00. The van der Waals surface area contributed by atoms with Crippen LogP contribution in [-0.2, 0) is 14.3 Å². The van der Waals surface area contributed by atoms with Crippen LogP contribution >= 0.6 is 0 Å². The lowest BCUT2D eigenvalue weighted by molar-refractivity contribution is -0.136. The normalized spacial score (nSPS) is 11.9. The van der Waals surface area contributed by atoms with Gasteiger partial charge in [-0.1, -0.05) is 6.07 Å². The second kappa shape index (κ2) is 9.33. The molecular weight excluding hydrogens is 324 g/mol. The zero-order valence-corrected chi connectivity index (χ0v) is 15.0. The van der Waals surface area contributed by atoms with Gasteiger partial charge in [-0.25, -0.2) is 4.79 Å². The van der Waals surface area contributed by atoms with E-state index in [1.165, 1.54) is 18.1 Å². The summed E-state index contributed by atoms with van der Waals surface area (Å²) in [6.45, 7) is 3.86. The Morgan fingerprint density at radius 2 is 2.00 bits per heavy atom.